The highest BCUT2D eigenvalue weighted by molar-refractivity contribution is 5.99. The molecule has 126 valence electrons. The van der Waals surface area contributed by atoms with Crippen molar-refractivity contribution < 1.29 is 9.53 Å². The van der Waals surface area contributed by atoms with E-state index in [9.17, 15) is 4.79 Å². The summed E-state index contributed by atoms with van der Waals surface area (Å²) in [7, 11) is 0. The van der Waals surface area contributed by atoms with Crippen LogP contribution in [0.2, 0.25) is 0 Å². The van der Waals surface area contributed by atoms with Crippen molar-refractivity contribution in [1.29, 1.82) is 0 Å². The van der Waals surface area contributed by atoms with Gasteiger partial charge in [-0.25, -0.2) is 5.43 Å². The maximum absolute atomic E-state index is 11.9. The fraction of sp³-hybridized carbons (Fsp3) is 0.263. The van der Waals surface area contributed by atoms with Gasteiger partial charge >= 0.3 is 0 Å². The normalized spacial score (nSPS) is 11.4. The van der Waals surface area contributed by atoms with E-state index in [1.807, 2.05) is 43.3 Å². The summed E-state index contributed by atoms with van der Waals surface area (Å²) in [5.74, 6) is 0.750. The number of nitrogens with one attached hydrogen (secondary N) is 1. The Kier molecular flexibility index (Phi) is 5.95. The molecule has 2 rings (SSSR count). The van der Waals surface area contributed by atoms with E-state index in [1.54, 1.807) is 12.1 Å². The first-order valence-electron chi connectivity index (χ1n) is 7.88. The Morgan fingerprint density at radius 2 is 1.83 bits per heavy atom. The molecule has 0 aliphatic heterocycles. The summed E-state index contributed by atoms with van der Waals surface area (Å²) in [4.78, 5) is 11.9. The third kappa shape index (κ3) is 4.84. The fourth-order valence-corrected chi connectivity index (χ4v) is 2.20. The van der Waals surface area contributed by atoms with Crippen LogP contribution in [0.25, 0.3) is 0 Å². The van der Waals surface area contributed by atoms with Crippen LogP contribution < -0.4 is 15.9 Å². The van der Waals surface area contributed by atoms with Crippen LogP contribution in [0.4, 0.5) is 5.69 Å². The number of benzene rings is 2. The van der Waals surface area contributed by atoms with E-state index in [-0.39, 0.29) is 12.5 Å². The van der Waals surface area contributed by atoms with E-state index in [4.69, 9.17) is 10.5 Å². The van der Waals surface area contributed by atoms with E-state index in [0.717, 1.165) is 16.9 Å². The van der Waals surface area contributed by atoms with Crippen LogP contribution in [0.5, 0.6) is 5.75 Å². The molecule has 0 fully saturated rings. The van der Waals surface area contributed by atoms with Crippen LogP contribution in [0.15, 0.2) is 53.6 Å². The number of carbonyl (C=O) groups is 1. The number of hydrazone groups is 1. The van der Waals surface area contributed by atoms with Crippen LogP contribution in [0, 0.1) is 0 Å². The minimum absolute atomic E-state index is 0.0811. The van der Waals surface area contributed by atoms with Gasteiger partial charge in [-0.05, 0) is 42.2 Å². The van der Waals surface area contributed by atoms with Gasteiger partial charge < -0.3 is 10.5 Å². The van der Waals surface area contributed by atoms with Crippen LogP contribution in [-0.4, -0.2) is 18.2 Å². The Morgan fingerprint density at radius 1 is 1.17 bits per heavy atom. The van der Waals surface area contributed by atoms with E-state index in [1.165, 1.54) is 0 Å². The first kappa shape index (κ1) is 17.5. The fourth-order valence-electron chi connectivity index (χ4n) is 2.20. The maximum atomic E-state index is 11.9. The van der Waals surface area contributed by atoms with Gasteiger partial charge in [0.15, 0.2) is 6.61 Å². The molecule has 0 heterocycles. The van der Waals surface area contributed by atoms with Crippen molar-refractivity contribution >= 4 is 17.3 Å². The molecule has 0 radical (unpaired) electrons. The number of rotatable bonds is 6. The summed E-state index contributed by atoms with van der Waals surface area (Å²) in [5, 5.41) is 4.09. The monoisotopic (exact) mass is 325 g/mol. The third-order valence-corrected chi connectivity index (χ3v) is 3.58. The molecule has 24 heavy (non-hydrogen) atoms. The largest absolute Gasteiger partial charge is 0.483 e. The molecule has 0 bridgehead atoms. The van der Waals surface area contributed by atoms with Crippen LogP contribution in [0.3, 0.4) is 0 Å². The van der Waals surface area contributed by atoms with Gasteiger partial charge in [0.25, 0.3) is 5.91 Å². The molecular weight excluding hydrogens is 302 g/mol. The highest BCUT2D eigenvalue weighted by Gasteiger charge is 2.09. The smallest absolute Gasteiger partial charge is 0.277 e. The Hall–Kier alpha value is -2.82. The molecule has 3 N–H and O–H groups in total. The third-order valence-electron chi connectivity index (χ3n) is 3.58. The lowest BCUT2D eigenvalue weighted by Gasteiger charge is -2.13. The van der Waals surface area contributed by atoms with Crippen molar-refractivity contribution in [3.8, 4) is 5.75 Å². The number of ether oxygens (including phenoxy) is 1. The molecule has 0 saturated carbocycles. The quantitative estimate of drug-likeness (QED) is 0.486. The van der Waals surface area contributed by atoms with Gasteiger partial charge in [0, 0.05) is 5.69 Å². The van der Waals surface area contributed by atoms with Gasteiger partial charge in [-0.15, -0.1) is 0 Å². The van der Waals surface area contributed by atoms with Crippen LogP contribution in [-0.2, 0) is 4.79 Å². The number of carbonyl (C=O) groups excluding carboxylic acids is 1. The molecule has 5 nitrogen and oxygen atoms in total. The van der Waals surface area contributed by atoms with Gasteiger partial charge in [0.05, 0.1) is 5.71 Å². The minimum atomic E-state index is -0.302. The zero-order chi connectivity index (χ0) is 17.5. The van der Waals surface area contributed by atoms with Gasteiger partial charge in [-0.2, -0.15) is 5.10 Å². The Labute approximate surface area is 142 Å². The lowest BCUT2D eigenvalue weighted by molar-refractivity contribution is -0.123. The zero-order valence-electron chi connectivity index (χ0n) is 14.2. The van der Waals surface area contributed by atoms with Crippen molar-refractivity contribution in [2.24, 2.45) is 5.10 Å². The Balaban J connectivity index is 1.92. The first-order chi connectivity index (χ1) is 11.5. The molecular formula is C19H23N3O2. The lowest BCUT2D eigenvalue weighted by atomic mass is 10.0. The van der Waals surface area contributed by atoms with Crippen molar-refractivity contribution in [2.45, 2.75) is 26.7 Å². The topological polar surface area (TPSA) is 76.7 Å². The predicted molar refractivity (Wildman–Crippen MR) is 97.2 cm³/mol. The molecule has 2 aromatic carbocycles. The van der Waals surface area contributed by atoms with Crippen molar-refractivity contribution in [3.05, 3.63) is 59.7 Å². The second-order valence-corrected chi connectivity index (χ2v) is 5.84. The summed E-state index contributed by atoms with van der Waals surface area (Å²) in [6.07, 6.45) is 0. The number of amides is 1. The van der Waals surface area contributed by atoms with Crippen molar-refractivity contribution in [2.75, 3.05) is 12.3 Å². The van der Waals surface area contributed by atoms with Gasteiger partial charge in [-0.3, -0.25) is 4.79 Å². The maximum Gasteiger partial charge on any atom is 0.277 e. The molecule has 5 heteroatoms. The molecule has 0 saturated heterocycles. The summed E-state index contributed by atoms with van der Waals surface area (Å²) >= 11 is 0. The standard InChI is InChI=1S/C19H23N3O2/c1-13(2)17-6-4-5-7-18(17)24-12-19(23)22-21-14(3)15-8-10-16(20)11-9-15/h4-11,13H,12,20H2,1-3H3,(H,22,23)/b21-14+. The van der Waals surface area contributed by atoms with Crippen LogP contribution >= 0.6 is 0 Å². The van der Waals surface area contributed by atoms with Crippen LogP contribution in [0.1, 0.15) is 37.8 Å². The predicted octanol–water partition coefficient (Wildman–Crippen LogP) is 3.31. The van der Waals surface area contributed by atoms with Crippen molar-refractivity contribution in [1.82, 2.24) is 5.43 Å². The number of nitrogen functional groups attached to an aromatic ring is 1. The second-order valence-electron chi connectivity index (χ2n) is 5.84. The summed E-state index contributed by atoms with van der Waals surface area (Å²) < 4.78 is 5.62. The molecule has 2 aromatic rings. The van der Waals surface area contributed by atoms with Gasteiger partial charge in [-0.1, -0.05) is 44.2 Å². The molecule has 0 atom stereocenters. The second kappa shape index (κ2) is 8.15. The highest BCUT2D eigenvalue weighted by atomic mass is 16.5. The van der Waals surface area contributed by atoms with Crippen molar-refractivity contribution in [3.63, 3.8) is 0 Å². The number of hydrogen-bond donors (Lipinski definition) is 2. The molecule has 0 unspecified atom stereocenters. The van der Waals surface area contributed by atoms with E-state index < -0.39 is 0 Å². The van der Waals surface area contributed by atoms with E-state index in [2.05, 4.69) is 24.4 Å². The number of hydrogen-bond acceptors (Lipinski definition) is 4. The molecule has 0 spiro atoms. The summed E-state index contributed by atoms with van der Waals surface area (Å²) in [6.45, 7) is 5.91. The average Bonchev–Trinajstić information content (AvgIpc) is 2.58. The molecule has 0 aliphatic carbocycles. The average molecular weight is 325 g/mol. The van der Waals surface area contributed by atoms with Gasteiger partial charge in [0.1, 0.15) is 5.75 Å². The number of para-hydroxylation sites is 1. The van der Waals surface area contributed by atoms with E-state index in [0.29, 0.717) is 17.3 Å². The SMILES string of the molecule is C/C(=N\NC(=O)COc1ccccc1C(C)C)c1ccc(N)cc1. The molecule has 0 aromatic heterocycles. The number of nitrogens with zero attached hydrogens (tertiary/aromatic N) is 1. The highest BCUT2D eigenvalue weighted by Crippen LogP contribution is 2.25. The molecule has 0 aliphatic rings. The summed E-state index contributed by atoms with van der Waals surface area (Å²) in [5.41, 5.74) is 11.5. The number of anilines is 1. The molecule has 1 amide bonds. The Morgan fingerprint density at radius 3 is 2.50 bits per heavy atom. The summed E-state index contributed by atoms with van der Waals surface area (Å²) in [6, 6.07) is 15.0. The minimum Gasteiger partial charge on any atom is -0.483 e. The lowest BCUT2D eigenvalue weighted by Crippen LogP contribution is -2.25. The van der Waals surface area contributed by atoms with Gasteiger partial charge in [0.2, 0.25) is 0 Å². The zero-order valence-corrected chi connectivity index (χ0v) is 14.2. The Bertz CT molecular complexity index is 722. The number of nitrogens with two attached hydrogens (primary N) is 1. The first-order valence-corrected chi connectivity index (χ1v) is 7.88. The van der Waals surface area contributed by atoms with E-state index >= 15 is 0 Å².